The second-order valence-corrected chi connectivity index (χ2v) is 5.35. The number of aromatic hydroxyl groups is 3. The third kappa shape index (κ3) is 3.54. The maximum atomic E-state index is 11.9. The van der Waals surface area contributed by atoms with Gasteiger partial charge in [0.25, 0.3) is 5.91 Å². The zero-order valence-corrected chi connectivity index (χ0v) is 13.2. The number of rotatable bonds is 3. The fourth-order valence-electron chi connectivity index (χ4n) is 2.00. The largest absolute Gasteiger partial charge is 0.507 e. The predicted octanol–water partition coefficient (Wildman–Crippen LogP) is 2.84. The van der Waals surface area contributed by atoms with Gasteiger partial charge in [0.15, 0.2) is 11.5 Å². The summed E-state index contributed by atoms with van der Waals surface area (Å²) >= 11 is 6.11. The van der Waals surface area contributed by atoms with Crippen molar-refractivity contribution >= 4 is 23.7 Å². The summed E-state index contributed by atoms with van der Waals surface area (Å²) in [6.45, 7) is 3.51. The molecule has 7 heteroatoms. The summed E-state index contributed by atoms with van der Waals surface area (Å²) < 4.78 is 0. The topological polar surface area (TPSA) is 102 Å². The van der Waals surface area contributed by atoms with Gasteiger partial charge in [-0.2, -0.15) is 5.10 Å². The van der Waals surface area contributed by atoms with Crippen molar-refractivity contribution in [1.82, 2.24) is 5.43 Å². The van der Waals surface area contributed by atoms with Crippen molar-refractivity contribution < 1.29 is 20.1 Å². The molecule has 0 aliphatic rings. The lowest BCUT2D eigenvalue weighted by Gasteiger charge is -2.08. The van der Waals surface area contributed by atoms with E-state index in [1.807, 2.05) is 0 Å². The number of aryl methyl sites for hydroxylation is 1. The molecule has 6 nitrogen and oxygen atoms in total. The van der Waals surface area contributed by atoms with Crippen LogP contribution in [0.2, 0.25) is 5.02 Å². The Bertz CT molecular complexity index is 803. The number of halogens is 1. The number of nitrogens with zero attached hydrogens (tertiary/aromatic N) is 1. The molecule has 0 fully saturated rings. The first-order chi connectivity index (χ1) is 10.8. The number of benzene rings is 2. The van der Waals surface area contributed by atoms with Crippen LogP contribution in [0.4, 0.5) is 0 Å². The van der Waals surface area contributed by atoms with Crippen molar-refractivity contribution in [2.45, 2.75) is 13.8 Å². The van der Waals surface area contributed by atoms with Gasteiger partial charge >= 0.3 is 0 Å². The first-order valence-corrected chi connectivity index (χ1v) is 7.03. The van der Waals surface area contributed by atoms with Crippen molar-refractivity contribution in [3.8, 4) is 17.2 Å². The van der Waals surface area contributed by atoms with E-state index in [0.717, 1.165) is 11.6 Å². The van der Waals surface area contributed by atoms with Gasteiger partial charge in [0.05, 0.1) is 6.21 Å². The molecule has 2 rings (SSSR count). The van der Waals surface area contributed by atoms with Gasteiger partial charge in [-0.05, 0) is 49.2 Å². The Balaban J connectivity index is 2.17. The molecule has 0 aliphatic carbocycles. The standard InChI is InChI=1S/C16H15ClN2O4/c1-8-5-13(21)11(9(2)15(8)17)7-18-19-16(23)10-3-4-12(20)14(22)6-10/h3-7,20-22H,1-2H3,(H,19,23). The highest BCUT2D eigenvalue weighted by atomic mass is 35.5. The molecule has 0 unspecified atom stereocenters. The van der Waals surface area contributed by atoms with Gasteiger partial charge in [-0.25, -0.2) is 5.43 Å². The van der Waals surface area contributed by atoms with Gasteiger partial charge in [0.2, 0.25) is 0 Å². The van der Waals surface area contributed by atoms with Gasteiger partial charge in [-0.1, -0.05) is 11.6 Å². The van der Waals surface area contributed by atoms with E-state index in [1.54, 1.807) is 13.8 Å². The average molecular weight is 335 g/mol. The van der Waals surface area contributed by atoms with Gasteiger partial charge < -0.3 is 15.3 Å². The molecule has 0 saturated heterocycles. The molecular formula is C16H15ClN2O4. The lowest BCUT2D eigenvalue weighted by Crippen LogP contribution is -2.17. The molecule has 0 spiro atoms. The Hall–Kier alpha value is -2.73. The highest BCUT2D eigenvalue weighted by Gasteiger charge is 2.11. The molecule has 0 radical (unpaired) electrons. The minimum absolute atomic E-state index is 0.00433. The second kappa shape index (κ2) is 6.58. The van der Waals surface area contributed by atoms with Crippen molar-refractivity contribution in [2.24, 2.45) is 5.10 Å². The van der Waals surface area contributed by atoms with Crippen molar-refractivity contribution in [2.75, 3.05) is 0 Å². The Morgan fingerprint density at radius 2 is 1.83 bits per heavy atom. The maximum Gasteiger partial charge on any atom is 0.271 e. The lowest BCUT2D eigenvalue weighted by molar-refractivity contribution is 0.0954. The molecule has 0 bridgehead atoms. The maximum absolute atomic E-state index is 11.9. The molecule has 23 heavy (non-hydrogen) atoms. The lowest BCUT2D eigenvalue weighted by atomic mass is 10.1. The summed E-state index contributed by atoms with van der Waals surface area (Å²) in [6.07, 6.45) is 1.29. The fraction of sp³-hybridized carbons (Fsp3) is 0.125. The van der Waals surface area contributed by atoms with E-state index in [1.165, 1.54) is 24.4 Å². The Morgan fingerprint density at radius 1 is 1.13 bits per heavy atom. The minimum Gasteiger partial charge on any atom is -0.507 e. The van der Waals surface area contributed by atoms with Crippen LogP contribution in [0.15, 0.2) is 29.4 Å². The normalized spacial score (nSPS) is 10.9. The van der Waals surface area contributed by atoms with Crippen LogP contribution >= 0.6 is 11.6 Å². The molecule has 4 N–H and O–H groups in total. The molecule has 2 aromatic carbocycles. The van der Waals surface area contributed by atoms with E-state index < -0.39 is 11.7 Å². The molecule has 0 heterocycles. The van der Waals surface area contributed by atoms with Gasteiger partial charge in [-0.15, -0.1) is 0 Å². The number of carbonyl (C=O) groups excluding carboxylic acids is 1. The number of hydrogen-bond donors (Lipinski definition) is 4. The van der Waals surface area contributed by atoms with Crippen LogP contribution in [-0.4, -0.2) is 27.4 Å². The number of hydrazone groups is 1. The van der Waals surface area contributed by atoms with E-state index in [2.05, 4.69) is 10.5 Å². The van der Waals surface area contributed by atoms with Crippen LogP contribution in [0.5, 0.6) is 17.2 Å². The molecule has 2 aromatic rings. The Kier molecular flexibility index (Phi) is 4.76. The van der Waals surface area contributed by atoms with E-state index in [4.69, 9.17) is 11.6 Å². The average Bonchev–Trinajstić information content (AvgIpc) is 2.51. The van der Waals surface area contributed by atoms with E-state index in [-0.39, 0.29) is 17.1 Å². The zero-order chi connectivity index (χ0) is 17.1. The van der Waals surface area contributed by atoms with E-state index in [9.17, 15) is 20.1 Å². The smallest absolute Gasteiger partial charge is 0.271 e. The minimum atomic E-state index is -0.577. The van der Waals surface area contributed by atoms with Gasteiger partial charge in [0.1, 0.15) is 5.75 Å². The number of nitrogens with one attached hydrogen (secondary N) is 1. The third-order valence-corrected chi connectivity index (χ3v) is 3.89. The van der Waals surface area contributed by atoms with Crippen LogP contribution in [0, 0.1) is 13.8 Å². The quantitative estimate of drug-likeness (QED) is 0.394. The van der Waals surface area contributed by atoms with Crippen LogP contribution in [0.3, 0.4) is 0 Å². The first kappa shape index (κ1) is 16.6. The summed E-state index contributed by atoms with van der Waals surface area (Å²) in [7, 11) is 0. The monoisotopic (exact) mass is 334 g/mol. The van der Waals surface area contributed by atoms with Crippen molar-refractivity contribution in [1.29, 1.82) is 0 Å². The van der Waals surface area contributed by atoms with Crippen molar-refractivity contribution in [3.05, 3.63) is 51.5 Å². The highest BCUT2D eigenvalue weighted by molar-refractivity contribution is 6.32. The van der Waals surface area contributed by atoms with E-state index in [0.29, 0.717) is 16.1 Å². The molecule has 0 aliphatic heterocycles. The number of phenolic OH excluding ortho intramolecular Hbond substituents is 3. The zero-order valence-electron chi connectivity index (χ0n) is 12.5. The van der Waals surface area contributed by atoms with Crippen LogP contribution in [0.25, 0.3) is 0 Å². The number of hydrogen-bond acceptors (Lipinski definition) is 5. The van der Waals surface area contributed by atoms with Gasteiger partial charge in [0, 0.05) is 16.1 Å². The fourth-order valence-corrected chi connectivity index (χ4v) is 2.16. The summed E-state index contributed by atoms with van der Waals surface area (Å²) in [5.74, 6) is -1.29. The highest BCUT2D eigenvalue weighted by Crippen LogP contribution is 2.29. The Morgan fingerprint density at radius 3 is 2.48 bits per heavy atom. The summed E-state index contributed by atoms with van der Waals surface area (Å²) in [4.78, 5) is 11.9. The first-order valence-electron chi connectivity index (χ1n) is 6.65. The molecule has 0 saturated carbocycles. The summed E-state index contributed by atoms with van der Waals surface area (Å²) in [5, 5.41) is 32.8. The number of amides is 1. The van der Waals surface area contributed by atoms with Crippen LogP contribution < -0.4 is 5.43 Å². The van der Waals surface area contributed by atoms with Crippen molar-refractivity contribution in [3.63, 3.8) is 0 Å². The number of phenols is 3. The molecule has 0 aromatic heterocycles. The molecule has 120 valence electrons. The third-order valence-electron chi connectivity index (χ3n) is 3.31. The van der Waals surface area contributed by atoms with Crippen LogP contribution in [-0.2, 0) is 0 Å². The Labute approximate surface area is 137 Å². The number of carbonyl (C=O) groups is 1. The second-order valence-electron chi connectivity index (χ2n) is 4.97. The van der Waals surface area contributed by atoms with E-state index >= 15 is 0 Å². The van der Waals surface area contributed by atoms with Crippen LogP contribution in [0.1, 0.15) is 27.0 Å². The molecule has 0 atom stereocenters. The van der Waals surface area contributed by atoms with Gasteiger partial charge in [-0.3, -0.25) is 4.79 Å². The summed E-state index contributed by atoms with van der Waals surface area (Å²) in [6, 6.07) is 5.16. The SMILES string of the molecule is Cc1cc(O)c(C=NNC(=O)c2ccc(O)c(O)c2)c(C)c1Cl. The summed E-state index contributed by atoms with van der Waals surface area (Å²) in [5.41, 5.74) is 4.17. The molecule has 1 amide bonds. The predicted molar refractivity (Wildman–Crippen MR) is 87.4 cm³/mol. The molecular weight excluding hydrogens is 320 g/mol.